The monoisotopic (exact) mass is 290 g/mol. The average Bonchev–Trinajstić information content (AvgIpc) is 2.85. The molecule has 0 bridgehead atoms. The van der Waals surface area contributed by atoms with Gasteiger partial charge in [0.05, 0.1) is 12.1 Å². The number of nitrogens with zero attached hydrogens (tertiary/aromatic N) is 5. The lowest BCUT2D eigenvalue weighted by molar-refractivity contribution is -0.129. The van der Waals surface area contributed by atoms with Crippen molar-refractivity contribution >= 4 is 11.9 Å². The van der Waals surface area contributed by atoms with Crippen LogP contribution in [0.5, 0.6) is 0 Å². The predicted octanol–water partition coefficient (Wildman–Crippen LogP) is 0.450. The first kappa shape index (κ1) is 14.1. The molecule has 0 unspecified atom stereocenters. The van der Waals surface area contributed by atoms with E-state index < -0.39 is 0 Å². The van der Waals surface area contributed by atoms with Crippen LogP contribution in [0.15, 0.2) is 11.3 Å². The summed E-state index contributed by atoms with van der Waals surface area (Å²) in [4.78, 5) is 21.3. The Hall–Kier alpha value is -1.89. The van der Waals surface area contributed by atoms with Gasteiger partial charge in [0.2, 0.25) is 5.95 Å². The Morgan fingerprint density at radius 2 is 1.95 bits per heavy atom. The van der Waals surface area contributed by atoms with Crippen LogP contribution in [0.3, 0.4) is 0 Å². The van der Waals surface area contributed by atoms with Crippen molar-refractivity contribution in [2.45, 2.75) is 27.3 Å². The van der Waals surface area contributed by atoms with Crippen molar-refractivity contribution in [3.63, 3.8) is 0 Å². The van der Waals surface area contributed by atoms with Gasteiger partial charge < -0.3 is 15.1 Å². The third-order valence-electron chi connectivity index (χ3n) is 4.20. The van der Waals surface area contributed by atoms with Crippen LogP contribution in [-0.4, -0.2) is 63.2 Å². The van der Waals surface area contributed by atoms with Crippen molar-refractivity contribution in [1.29, 1.82) is 0 Å². The molecule has 3 heterocycles. The minimum absolute atomic E-state index is 0.120. The highest BCUT2D eigenvalue weighted by Crippen LogP contribution is 2.21. The van der Waals surface area contributed by atoms with Gasteiger partial charge in [-0.25, -0.2) is 4.68 Å². The van der Waals surface area contributed by atoms with Crippen molar-refractivity contribution in [2.24, 2.45) is 0 Å². The van der Waals surface area contributed by atoms with Gasteiger partial charge in [-0.2, -0.15) is 10.1 Å². The number of carbonyl (C=O) groups excluding carboxylic acids is 1. The molecule has 0 aliphatic carbocycles. The molecule has 1 aromatic rings. The van der Waals surface area contributed by atoms with Gasteiger partial charge in [-0.3, -0.25) is 4.79 Å². The Morgan fingerprint density at radius 3 is 2.62 bits per heavy atom. The summed E-state index contributed by atoms with van der Waals surface area (Å²) in [6.45, 7) is 11.0. The minimum atomic E-state index is 0.120. The lowest BCUT2D eigenvalue weighted by atomic mass is 10.1. The zero-order valence-corrected chi connectivity index (χ0v) is 12.9. The van der Waals surface area contributed by atoms with Gasteiger partial charge in [-0.15, -0.1) is 0 Å². The molecule has 1 aromatic heterocycles. The maximum absolute atomic E-state index is 12.7. The molecule has 2 aliphatic heterocycles. The second-order valence-corrected chi connectivity index (χ2v) is 5.60. The van der Waals surface area contributed by atoms with Crippen LogP contribution < -0.4 is 5.32 Å². The smallest absolute Gasteiger partial charge is 0.253 e. The standard InChI is InChI=1S/C14H22N6O/c1-4-18-5-7-19(8-6-18)13(21)12-9-20-14(15-10(12)2)16-11(3)17-20/h4-9H2,1-3H3,(H,15,16,17). The van der Waals surface area contributed by atoms with Gasteiger partial charge in [0.1, 0.15) is 5.82 Å². The van der Waals surface area contributed by atoms with Gasteiger partial charge in [-0.05, 0) is 20.4 Å². The van der Waals surface area contributed by atoms with E-state index in [1.165, 1.54) is 0 Å². The number of nitrogens with one attached hydrogen (secondary N) is 1. The van der Waals surface area contributed by atoms with E-state index in [1.807, 2.05) is 18.7 Å². The molecular formula is C14H22N6O. The molecule has 3 rings (SSSR count). The number of hydrogen-bond donors (Lipinski definition) is 1. The quantitative estimate of drug-likeness (QED) is 0.856. The summed E-state index contributed by atoms with van der Waals surface area (Å²) < 4.78 is 1.76. The number of aromatic nitrogens is 3. The normalized spacial score (nSPS) is 19.5. The van der Waals surface area contributed by atoms with Crippen LogP contribution in [0.1, 0.15) is 19.7 Å². The number of fused-ring (bicyclic) bond motifs is 1. The summed E-state index contributed by atoms with van der Waals surface area (Å²) in [5.74, 6) is 1.56. The number of piperazine rings is 1. The molecule has 1 N–H and O–H groups in total. The molecular weight excluding hydrogens is 268 g/mol. The summed E-state index contributed by atoms with van der Waals surface area (Å²) >= 11 is 0. The number of likely N-dealkylation sites (N-methyl/N-ethyl adjacent to an activating group) is 1. The molecule has 0 saturated carbocycles. The van der Waals surface area contributed by atoms with E-state index in [-0.39, 0.29) is 5.91 Å². The fourth-order valence-corrected chi connectivity index (χ4v) is 2.86. The van der Waals surface area contributed by atoms with Crippen LogP contribution in [0.4, 0.5) is 5.95 Å². The van der Waals surface area contributed by atoms with Crippen LogP contribution >= 0.6 is 0 Å². The number of carbonyl (C=O) groups is 1. The van der Waals surface area contributed by atoms with Crippen molar-refractivity contribution in [2.75, 3.05) is 38.0 Å². The van der Waals surface area contributed by atoms with Gasteiger partial charge in [0.25, 0.3) is 5.91 Å². The fourth-order valence-electron chi connectivity index (χ4n) is 2.86. The predicted molar refractivity (Wildman–Crippen MR) is 79.8 cm³/mol. The summed E-state index contributed by atoms with van der Waals surface area (Å²) in [6, 6.07) is 0. The molecule has 0 spiro atoms. The van der Waals surface area contributed by atoms with Crippen molar-refractivity contribution in [3.05, 3.63) is 17.1 Å². The number of anilines is 1. The Kier molecular flexibility index (Phi) is 3.67. The second kappa shape index (κ2) is 5.48. The van der Waals surface area contributed by atoms with E-state index >= 15 is 0 Å². The van der Waals surface area contributed by atoms with Crippen LogP contribution in [0.25, 0.3) is 0 Å². The lowest BCUT2D eigenvalue weighted by Gasteiger charge is -2.35. The van der Waals surface area contributed by atoms with Crippen molar-refractivity contribution in [3.8, 4) is 0 Å². The van der Waals surface area contributed by atoms with E-state index in [0.717, 1.165) is 55.8 Å². The maximum atomic E-state index is 12.7. The zero-order valence-electron chi connectivity index (χ0n) is 12.9. The molecule has 0 atom stereocenters. The largest absolute Gasteiger partial charge is 0.336 e. The molecule has 7 heteroatoms. The number of rotatable bonds is 2. The molecule has 114 valence electrons. The van der Waals surface area contributed by atoms with Gasteiger partial charge >= 0.3 is 0 Å². The molecule has 21 heavy (non-hydrogen) atoms. The zero-order chi connectivity index (χ0) is 15.0. The van der Waals surface area contributed by atoms with Crippen LogP contribution in [0.2, 0.25) is 0 Å². The highest BCUT2D eigenvalue weighted by Gasteiger charge is 2.28. The molecule has 0 aromatic carbocycles. The first-order valence-corrected chi connectivity index (χ1v) is 7.48. The van der Waals surface area contributed by atoms with Crippen LogP contribution in [-0.2, 0) is 11.3 Å². The van der Waals surface area contributed by atoms with E-state index in [4.69, 9.17) is 0 Å². The van der Waals surface area contributed by atoms with Gasteiger partial charge in [0.15, 0.2) is 0 Å². The molecule has 1 fully saturated rings. The first-order valence-electron chi connectivity index (χ1n) is 7.48. The number of hydrogen-bond acceptors (Lipinski definition) is 5. The Balaban J connectivity index is 1.73. The fraction of sp³-hybridized carbons (Fsp3) is 0.643. The minimum Gasteiger partial charge on any atom is -0.336 e. The number of aryl methyl sites for hydroxylation is 1. The first-order chi connectivity index (χ1) is 10.1. The van der Waals surface area contributed by atoms with Crippen LogP contribution in [0, 0.1) is 6.92 Å². The third kappa shape index (κ3) is 2.65. The maximum Gasteiger partial charge on any atom is 0.253 e. The molecule has 1 saturated heterocycles. The highest BCUT2D eigenvalue weighted by molar-refractivity contribution is 5.95. The van der Waals surface area contributed by atoms with E-state index in [0.29, 0.717) is 6.54 Å². The van der Waals surface area contributed by atoms with Gasteiger partial charge in [0, 0.05) is 31.9 Å². The van der Waals surface area contributed by atoms with E-state index in [1.54, 1.807) is 4.68 Å². The topological polar surface area (TPSA) is 66.3 Å². The highest BCUT2D eigenvalue weighted by atomic mass is 16.2. The average molecular weight is 290 g/mol. The molecule has 2 aliphatic rings. The van der Waals surface area contributed by atoms with Crippen molar-refractivity contribution in [1.82, 2.24) is 24.6 Å². The molecule has 0 radical (unpaired) electrons. The second-order valence-electron chi connectivity index (χ2n) is 5.60. The lowest BCUT2D eigenvalue weighted by Crippen LogP contribution is -2.49. The Labute approximate surface area is 124 Å². The summed E-state index contributed by atoms with van der Waals surface area (Å²) in [5, 5.41) is 7.50. The SMILES string of the molecule is CCN1CCN(C(=O)C2=C(C)Nc3nc(C)nn3C2)CC1. The number of amides is 1. The van der Waals surface area contributed by atoms with E-state index in [2.05, 4.69) is 27.2 Å². The Morgan fingerprint density at radius 1 is 1.24 bits per heavy atom. The third-order valence-corrected chi connectivity index (χ3v) is 4.20. The molecule has 1 amide bonds. The van der Waals surface area contributed by atoms with Gasteiger partial charge in [-0.1, -0.05) is 6.92 Å². The summed E-state index contributed by atoms with van der Waals surface area (Å²) in [7, 11) is 0. The number of allylic oxidation sites excluding steroid dienone is 1. The summed E-state index contributed by atoms with van der Waals surface area (Å²) in [6.07, 6.45) is 0. The Bertz CT molecular complexity index is 582. The van der Waals surface area contributed by atoms with Crippen molar-refractivity contribution < 1.29 is 4.79 Å². The molecule has 7 nitrogen and oxygen atoms in total. The van der Waals surface area contributed by atoms with E-state index in [9.17, 15) is 4.79 Å². The summed E-state index contributed by atoms with van der Waals surface area (Å²) in [5.41, 5.74) is 1.68.